The van der Waals surface area contributed by atoms with E-state index in [0.717, 1.165) is 18.7 Å². The van der Waals surface area contributed by atoms with Crippen molar-refractivity contribution in [3.8, 4) is 6.07 Å². The fraction of sp³-hybridized carbons (Fsp3) is 0.444. The van der Waals surface area contributed by atoms with Crippen LogP contribution in [0.25, 0.3) is 0 Å². The van der Waals surface area contributed by atoms with E-state index in [1.165, 1.54) is 6.42 Å². The minimum absolute atomic E-state index is 0.157. The number of amides is 2. The van der Waals surface area contributed by atoms with Gasteiger partial charge in [-0.15, -0.1) is 0 Å². The third-order valence-corrected chi connectivity index (χ3v) is 4.34. The van der Waals surface area contributed by atoms with Gasteiger partial charge in [0.05, 0.1) is 23.5 Å². The van der Waals surface area contributed by atoms with Gasteiger partial charge >= 0.3 is 0 Å². The average Bonchev–Trinajstić information content (AvgIpc) is 2.55. The van der Waals surface area contributed by atoms with Crippen molar-refractivity contribution in [2.45, 2.75) is 20.4 Å². The highest BCUT2D eigenvalue weighted by atomic mass is 16.2. The predicted molar refractivity (Wildman–Crippen MR) is 90.3 cm³/mol. The van der Waals surface area contributed by atoms with Crippen LogP contribution in [0.2, 0.25) is 0 Å². The van der Waals surface area contributed by atoms with E-state index in [-0.39, 0.29) is 5.91 Å². The Hall–Kier alpha value is -2.39. The maximum absolute atomic E-state index is 12.3. The number of carbonyl (C=O) groups is 2. The number of hydrogen-bond acceptors (Lipinski definition) is 4. The van der Waals surface area contributed by atoms with Gasteiger partial charge in [-0.25, -0.2) is 0 Å². The van der Waals surface area contributed by atoms with Crippen molar-refractivity contribution in [3.63, 3.8) is 0 Å². The lowest BCUT2D eigenvalue weighted by molar-refractivity contribution is -0.134. The molecule has 1 saturated heterocycles. The molecule has 0 bridgehead atoms. The van der Waals surface area contributed by atoms with Gasteiger partial charge in [0.1, 0.15) is 0 Å². The Bertz CT molecular complexity index is 655. The first-order valence-electron chi connectivity index (χ1n) is 7.98. The minimum atomic E-state index is -0.944. The van der Waals surface area contributed by atoms with Crippen molar-refractivity contribution >= 4 is 11.8 Å². The zero-order valence-corrected chi connectivity index (χ0v) is 14.2. The van der Waals surface area contributed by atoms with E-state index < -0.39 is 11.3 Å². The average molecular weight is 327 g/mol. The van der Waals surface area contributed by atoms with Gasteiger partial charge in [-0.2, -0.15) is 5.26 Å². The Kier molecular flexibility index (Phi) is 5.58. The smallest absolute Gasteiger partial charge is 0.227 e. The number of benzene rings is 1. The highest BCUT2D eigenvalue weighted by Crippen LogP contribution is 2.20. The van der Waals surface area contributed by atoms with E-state index in [0.29, 0.717) is 25.2 Å². The van der Waals surface area contributed by atoms with Gasteiger partial charge in [-0.1, -0.05) is 32.0 Å². The zero-order valence-electron chi connectivity index (χ0n) is 14.2. The summed E-state index contributed by atoms with van der Waals surface area (Å²) < 4.78 is 0. The normalized spacial score (nSPS) is 15.8. The maximum atomic E-state index is 12.3. The Labute approximate surface area is 142 Å². The number of primary amides is 1. The Morgan fingerprint density at radius 2 is 1.88 bits per heavy atom. The highest BCUT2D eigenvalue weighted by molar-refractivity contribution is 5.94. The highest BCUT2D eigenvalue weighted by Gasteiger charge is 2.32. The fourth-order valence-corrected chi connectivity index (χ4v) is 2.61. The number of nitriles is 1. The number of hydrogen-bond donors (Lipinski definition) is 1. The Morgan fingerprint density at radius 3 is 2.46 bits per heavy atom. The van der Waals surface area contributed by atoms with Crippen LogP contribution in [-0.2, 0) is 16.1 Å². The summed E-state index contributed by atoms with van der Waals surface area (Å²) in [6.45, 7) is 6.64. The molecule has 1 aliphatic heterocycles. The van der Waals surface area contributed by atoms with E-state index in [4.69, 9.17) is 11.0 Å². The fourth-order valence-electron chi connectivity index (χ4n) is 2.61. The van der Waals surface area contributed by atoms with Gasteiger partial charge in [0, 0.05) is 32.7 Å². The zero-order chi connectivity index (χ0) is 17.7. The topological polar surface area (TPSA) is 90.4 Å². The quantitative estimate of drug-likeness (QED) is 0.870. The van der Waals surface area contributed by atoms with Crippen LogP contribution < -0.4 is 5.73 Å². The first-order valence-corrected chi connectivity index (χ1v) is 7.98. The van der Waals surface area contributed by atoms with Crippen molar-refractivity contribution in [1.82, 2.24) is 9.80 Å². The molecule has 0 atom stereocenters. The van der Waals surface area contributed by atoms with E-state index in [9.17, 15) is 9.59 Å². The maximum Gasteiger partial charge on any atom is 0.227 e. The van der Waals surface area contributed by atoms with Crippen LogP contribution in [0.5, 0.6) is 0 Å². The number of carbonyl (C=O) groups excluding carboxylic acids is 2. The standard InChI is InChI=1S/C18H23N4O2/c1-18(2,17(20)24)11-16(23)22-9-7-21(8-10-22)13-15-6-4-3-5-14(15)12-19/h3-6,11H,7-10,13H2,1-2H3,(H2,20,24). The SMILES string of the molecule is CC(C)([CH]C(=O)N1CCN(Cc2ccccc2C#N)CC1)C(N)=O. The van der Waals surface area contributed by atoms with Gasteiger partial charge in [0.15, 0.2) is 0 Å². The van der Waals surface area contributed by atoms with Crippen LogP contribution in [0.1, 0.15) is 25.0 Å². The number of nitrogens with two attached hydrogens (primary N) is 1. The van der Waals surface area contributed by atoms with Gasteiger partial charge in [-0.05, 0) is 11.6 Å². The van der Waals surface area contributed by atoms with Gasteiger partial charge in [0.25, 0.3) is 0 Å². The first-order chi connectivity index (χ1) is 11.3. The molecule has 0 unspecified atom stereocenters. The van der Waals surface area contributed by atoms with Crippen molar-refractivity contribution < 1.29 is 9.59 Å². The van der Waals surface area contributed by atoms with Crippen LogP contribution in [0.15, 0.2) is 24.3 Å². The third-order valence-electron chi connectivity index (χ3n) is 4.34. The molecule has 1 radical (unpaired) electrons. The van der Waals surface area contributed by atoms with Crippen molar-refractivity contribution in [3.05, 3.63) is 41.8 Å². The molecule has 2 rings (SSSR count). The summed E-state index contributed by atoms with van der Waals surface area (Å²) in [6, 6.07) is 9.77. The van der Waals surface area contributed by atoms with Crippen molar-refractivity contribution in [1.29, 1.82) is 5.26 Å². The van der Waals surface area contributed by atoms with Crippen LogP contribution in [0.3, 0.4) is 0 Å². The first kappa shape index (κ1) is 18.0. The molecule has 1 aromatic carbocycles. The van der Waals surface area contributed by atoms with Crippen LogP contribution in [-0.4, -0.2) is 47.8 Å². The molecule has 0 aromatic heterocycles. The van der Waals surface area contributed by atoms with Gasteiger partial charge in [0.2, 0.25) is 11.8 Å². The Balaban J connectivity index is 1.89. The third kappa shape index (κ3) is 4.33. The predicted octanol–water partition coefficient (Wildman–Crippen LogP) is 0.918. The molecule has 127 valence electrons. The number of piperazine rings is 1. The van der Waals surface area contributed by atoms with Crippen LogP contribution in [0.4, 0.5) is 0 Å². The summed E-state index contributed by atoms with van der Waals surface area (Å²) in [5.74, 6) is -0.668. The lowest BCUT2D eigenvalue weighted by Gasteiger charge is -2.36. The summed E-state index contributed by atoms with van der Waals surface area (Å²) in [5.41, 5.74) is 6.05. The second-order valence-corrected chi connectivity index (χ2v) is 6.60. The largest absolute Gasteiger partial charge is 0.369 e. The molecule has 1 aliphatic rings. The van der Waals surface area contributed by atoms with Crippen molar-refractivity contribution in [2.75, 3.05) is 26.2 Å². The second kappa shape index (κ2) is 7.45. The molecule has 6 nitrogen and oxygen atoms in total. The summed E-state index contributed by atoms with van der Waals surface area (Å²) in [4.78, 5) is 27.6. The van der Waals surface area contributed by atoms with E-state index in [2.05, 4.69) is 11.0 Å². The summed E-state index contributed by atoms with van der Waals surface area (Å²) in [6.07, 6.45) is 1.40. The molecule has 6 heteroatoms. The molecule has 2 N–H and O–H groups in total. The molecule has 1 heterocycles. The van der Waals surface area contributed by atoms with Crippen molar-refractivity contribution in [2.24, 2.45) is 11.1 Å². The molecular formula is C18H23N4O2. The molecule has 0 saturated carbocycles. The summed E-state index contributed by atoms with van der Waals surface area (Å²) in [7, 11) is 0. The molecule has 0 aliphatic carbocycles. The van der Waals surface area contributed by atoms with Gasteiger partial charge in [-0.3, -0.25) is 14.5 Å². The summed E-state index contributed by atoms with van der Waals surface area (Å²) >= 11 is 0. The van der Waals surface area contributed by atoms with Crippen LogP contribution in [0, 0.1) is 23.2 Å². The second-order valence-electron chi connectivity index (χ2n) is 6.60. The molecular weight excluding hydrogens is 304 g/mol. The monoisotopic (exact) mass is 327 g/mol. The molecule has 1 aromatic rings. The van der Waals surface area contributed by atoms with E-state index in [1.54, 1.807) is 18.7 Å². The molecule has 1 fully saturated rings. The van der Waals surface area contributed by atoms with E-state index >= 15 is 0 Å². The number of nitrogens with zero attached hydrogens (tertiary/aromatic N) is 3. The lowest BCUT2D eigenvalue weighted by Crippen LogP contribution is -2.50. The lowest BCUT2D eigenvalue weighted by atomic mass is 9.88. The minimum Gasteiger partial charge on any atom is -0.369 e. The number of rotatable bonds is 5. The molecule has 0 spiro atoms. The van der Waals surface area contributed by atoms with E-state index in [1.807, 2.05) is 24.3 Å². The summed E-state index contributed by atoms with van der Waals surface area (Å²) in [5, 5.41) is 9.15. The molecule has 24 heavy (non-hydrogen) atoms. The van der Waals surface area contributed by atoms with Gasteiger partial charge < -0.3 is 10.6 Å². The molecule has 2 amide bonds. The van der Waals surface area contributed by atoms with Crippen LogP contribution >= 0.6 is 0 Å². The Morgan fingerprint density at radius 1 is 1.25 bits per heavy atom.